The second kappa shape index (κ2) is 7.61. The molecular weight excluding hydrogens is 474 g/mol. The molecule has 0 fully saturated rings. The summed E-state index contributed by atoms with van der Waals surface area (Å²) >= 11 is 10.9. The van der Waals surface area contributed by atoms with Crippen molar-refractivity contribution in [2.24, 2.45) is 0 Å². The molecule has 9 nitrogen and oxygen atoms in total. The number of aromatic nitrogens is 7. The van der Waals surface area contributed by atoms with E-state index in [4.69, 9.17) is 11.6 Å². The number of fused-ring (bicyclic) bond motifs is 3. The Labute approximate surface area is 197 Å². The first kappa shape index (κ1) is 22.0. The monoisotopic (exact) mass is 492 g/mol. The van der Waals surface area contributed by atoms with E-state index in [0.29, 0.717) is 29.1 Å². The van der Waals surface area contributed by atoms with Gasteiger partial charge in [0.2, 0.25) is 0 Å². The van der Waals surface area contributed by atoms with E-state index in [-0.39, 0.29) is 10.7 Å². The molecule has 1 aliphatic carbocycles. The number of alkyl halides is 2. The van der Waals surface area contributed by atoms with Gasteiger partial charge in [-0.1, -0.05) is 25.4 Å². The van der Waals surface area contributed by atoms with Crippen molar-refractivity contribution in [1.82, 2.24) is 34.6 Å². The number of thiol groups is 1. The van der Waals surface area contributed by atoms with Crippen molar-refractivity contribution in [3.63, 3.8) is 0 Å². The van der Waals surface area contributed by atoms with Gasteiger partial charge in [-0.05, 0) is 23.5 Å². The molecule has 4 aromatic heterocycles. The van der Waals surface area contributed by atoms with Gasteiger partial charge in [0.15, 0.2) is 16.5 Å². The summed E-state index contributed by atoms with van der Waals surface area (Å²) in [4.78, 5) is 9.66. The van der Waals surface area contributed by atoms with Gasteiger partial charge in [-0.2, -0.15) is 15.3 Å². The van der Waals surface area contributed by atoms with E-state index in [1.165, 1.54) is 34.1 Å². The predicted octanol–water partition coefficient (Wildman–Crippen LogP) is 3.75. The van der Waals surface area contributed by atoms with E-state index in [2.05, 4.69) is 43.2 Å². The van der Waals surface area contributed by atoms with Crippen molar-refractivity contribution in [2.45, 2.75) is 43.1 Å². The van der Waals surface area contributed by atoms with Crippen LogP contribution in [0.15, 0.2) is 37.1 Å². The van der Waals surface area contributed by atoms with Gasteiger partial charge < -0.3 is 10.4 Å². The fourth-order valence-electron chi connectivity index (χ4n) is 4.38. The Balaban J connectivity index is 1.50. The zero-order valence-corrected chi connectivity index (χ0v) is 19.1. The summed E-state index contributed by atoms with van der Waals surface area (Å²) in [5, 5.41) is 25.1. The highest BCUT2D eigenvalue weighted by atomic mass is 35.5. The normalized spacial score (nSPS) is 19.1. The Hall–Kier alpha value is -2.83. The fraction of sp³-hybridized carbons (Fsp3) is 0.350. The van der Waals surface area contributed by atoms with Gasteiger partial charge in [-0.15, -0.1) is 17.4 Å². The zero-order chi connectivity index (χ0) is 23.5. The highest BCUT2D eigenvalue weighted by Crippen LogP contribution is 2.52. The average molecular weight is 493 g/mol. The Morgan fingerprint density at radius 1 is 1.27 bits per heavy atom. The van der Waals surface area contributed by atoms with Gasteiger partial charge in [-0.25, -0.2) is 23.3 Å². The quantitative estimate of drug-likeness (QED) is 0.288. The molecule has 0 unspecified atom stereocenters. The van der Waals surface area contributed by atoms with Crippen LogP contribution < -0.4 is 5.32 Å². The predicted molar refractivity (Wildman–Crippen MR) is 120 cm³/mol. The van der Waals surface area contributed by atoms with Gasteiger partial charge in [0.05, 0.1) is 41.7 Å². The van der Waals surface area contributed by atoms with Crippen LogP contribution in [0.5, 0.6) is 0 Å². The van der Waals surface area contributed by atoms with E-state index in [1.54, 1.807) is 12.3 Å². The third-order valence-electron chi connectivity index (χ3n) is 5.77. The molecule has 0 aromatic carbocycles. The van der Waals surface area contributed by atoms with Crippen molar-refractivity contribution in [3.8, 4) is 5.82 Å². The van der Waals surface area contributed by atoms with Gasteiger partial charge >= 0.3 is 0 Å². The largest absolute Gasteiger partial charge is 0.362 e. The van der Waals surface area contributed by atoms with Crippen LogP contribution in [0.1, 0.15) is 49.4 Å². The Kier molecular flexibility index (Phi) is 5.07. The van der Waals surface area contributed by atoms with Crippen LogP contribution in [0, 0.1) is 0 Å². The van der Waals surface area contributed by atoms with Crippen LogP contribution in [-0.2, 0) is 5.41 Å². The summed E-state index contributed by atoms with van der Waals surface area (Å²) in [6.07, 6.45) is 5.05. The second-order valence-corrected chi connectivity index (χ2v) is 9.64. The molecule has 0 aliphatic heterocycles. The minimum atomic E-state index is -2.71. The first-order valence-electron chi connectivity index (χ1n) is 9.99. The molecule has 13 heteroatoms. The lowest BCUT2D eigenvalue weighted by Crippen LogP contribution is -2.38. The molecule has 4 aromatic rings. The highest BCUT2D eigenvalue weighted by Gasteiger charge is 2.48. The van der Waals surface area contributed by atoms with Crippen LogP contribution in [0.4, 0.5) is 14.5 Å². The Morgan fingerprint density at radius 2 is 2.00 bits per heavy atom. The summed E-state index contributed by atoms with van der Waals surface area (Å²) in [6, 6.07) is 1.58. The van der Waals surface area contributed by atoms with Crippen LogP contribution in [0.25, 0.3) is 11.5 Å². The third-order valence-corrected chi connectivity index (χ3v) is 6.48. The fourth-order valence-corrected chi connectivity index (χ4v) is 4.98. The van der Waals surface area contributed by atoms with E-state index >= 15 is 0 Å². The Morgan fingerprint density at radius 3 is 2.67 bits per heavy atom. The molecule has 33 heavy (non-hydrogen) atoms. The smallest absolute Gasteiger partial charge is 0.281 e. The topological polar surface area (TPSA) is 106 Å². The number of hydrogen-bond donors (Lipinski definition) is 3. The molecule has 1 aliphatic rings. The van der Waals surface area contributed by atoms with E-state index < -0.39 is 22.8 Å². The molecular formula is C20H19ClF2N8OS. The SMILES string of the molecule is CC1(C)C[C@H]([C@@](O)(S)Nc2cnc(-n3nccn3)c(Cl)c2)c2cnn3cc(C(F)F)nc3c21. The number of nitrogens with one attached hydrogen (secondary N) is 1. The third kappa shape index (κ3) is 3.71. The number of hydrogen-bond acceptors (Lipinski definition) is 8. The van der Waals surface area contributed by atoms with Gasteiger partial charge in [-0.3, -0.25) is 0 Å². The number of rotatable bonds is 5. The molecule has 0 saturated heterocycles. The lowest BCUT2D eigenvalue weighted by molar-refractivity contribution is 0.130. The first-order valence-corrected chi connectivity index (χ1v) is 10.8. The standard InChI is InChI=1S/C20H19ClF2N8OS/c1-19(2)6-12(11-8-27-30-9-14(16(22)23)28-18(30)15(11)19)20(32,33)29-10-5-13(21)17(24-7-10)31-25-3-4-26-31/h3-5,7-9,12,16,29,32-33H,6H2,1-2H3/t12-,20+/m0/s1. The summed E-state index contributed by atoms with van der Waals surface area (Å²) in [6.45, 7) is 3.94. The van der Waals surface area contributed by atoms with Crippen molar-refractivity contribution >= 4 is 35.6 Å². The van der Waals surface area contributed by atoms with E-state index in [0.717, 1.165) is 5.56 Å². The number of imidazole rings is 1. The van der Waals surface area contributed by atoms with E-state index in [1.807, 2.05) is 13.8 Å². The summed E-state index contributed by atoms with van der Waals surface area (Å²) < 4.78 is 27.8. The van der Waals surface area contributed by atoms with Crippen molar-refractivity contribution < 1.29 is 13.9 Å². The van der Waals surface area contributed by atoms with Gasteiger partial charge in [0.1, 0.15) is 5.69 Å². The molecule has 0 saturated carbocycles. The van der Waals surface area contributed by atoms with E-state index in [9.17, 15) is 13.9 Å². The summed E-state index contributed by atoms with van der Waals surface area (Å²) in [7, 11) is 0. The maximum absolute atomic E-state index is 13.2. The molecule has 0 spiro atoms. The molecule has 4 heterocycles. The van der Waals surface area contributed by atoms with Crippen molar-refractivity contribution in [3.05, 3.63) is 58.9 Å². The molecule has 2 atom stereocenters. The lowest BCUT2D eigenvalue weighted by Gasteiger charge is -2.32. The maximum atomic E-state index is 13.2. The number of nitrogens with zero attached hydrogens (tertiary/aromatic N) is 7. The van der Waals surface area contributed by atoms with Crippen molar-refractivity contribution in [2.75, 3.05) is 5.32 Å². The number of pyridine rings is 1. The summed E-state index contributed by atoms with van der Waals surface area (Å²) in [5.74, 6) is -0.190. The molecule has 2 N–H and O–H groups in total. The molecule has 5 rings (SSSR count). The van der Waals surface area contributed by atoms with Crippen LogP contribution >= 0.6 is 24.2 Å². The van der Waals surface area contributed by atoms with Crippen LogP contribution in [0.2, 0.25) is 5.02 Å². The molecule has 0 amide bonds. The Bertz CT molecular complexity index is 1340. The molecule has 172 valence electrons. The van der Waals surface area contributed by atoms with Gasteiger partial charge in [0, 0.05) is 11.5 Å². The van der Waals surface area contributed by atoms with Crippen LogP contribution in [-0.4, -0.2) is 44.7 Å². The van der Waals surface area contributed by atoms with Crippen LogP contribution in [0.3, 0.4) is 0 Å². The second-order valence-electron chi connectivity index (χ2n) is 8.55. The number of aliphatic hydroxyl groups is 1. The van der Waals surface area contributed by atoms with Gasteiger partial charge in [0.25, 0.3) is 6.43 Å². The number of anilines is 1. The zero-order valence-electron chi connectivity index (χ0n) is 17.5. The number of halogens is 3. The molecule has 0 radical (unpaired) electrons. The summed E-state index contributed by atoms with van der Waals surface area (Å²) in [5.41, 5.74) is 1.38. The first-order chi connectivity index (χ1) is 15.6. The average Bonchev–Trinajstić information content (AvgIpc) is 3.45. The highest BCUT2D eigenvalue weighted by molar-refractivity contribution is 7.81. The maximum Gasteiger partial charge on any atom is 0.281 e. The minimum Gasteiger partial charge on any atom is -0.362 e. The lowest BCUT2D eigenvalue weighted by atomic mass is 9.86. The van der Waals surface area contributed by atoms with Crippen molar-refractivity contribution in [1.29, 1.82) is 0 Å². The minimum absolute atomic E-state index is 0.271. The molecule has 0 bridgehead atoms.